The maximum Gasteiger partial charge on any atom is 0.416 e. The van der Waals surface area contributed by atoms with Crippen molar-refractivity contribution in [2.45, 2.75) is 13.1 Å². The number of fused-ring (bicyclic) bond motifs is 1. The van der Waals surface area contributed by atoms with E-state index in [-0.39, 0.29) is 17.2 Å². The number of benzene rings is 3. The van der Waals surface area contributed by atoms with Crippen molar-refractivity contribution >= 4 is 34.1 Å². The Kier molecular flexibility index (Phi) is 8.17. The minimum atomic E-state index is -4.60. The van der Waals surface area contributed by atoms with Gasteiger partial charge in [-0.05, 0) is 66.6 Å². The zero-order chi connectivity index (χ0) is 32.6. The molecule has 46 heavy (non-hydrogen) atoms. The molecule has 0 unspecified atom stereocenters. The molecular weight excluding hydrogens is 604 g/mol. The third-order valence-corrected chi connectivity index (χ3v) is 7.78. The van der Waals surface area contributed by atoms with Gasteiger partial charge in [-0.2, -0.15) is 17.6 Å². The minimum absolute atomic E-state index is 0.0273. The van der Waals surface area contributed by atoms with Gasteiger partial charge in [0.2, 0.25) is 11.9 Å². The van der Waals surface area contributed by atoms with E-state index >= 15 is 0 Å². The van der Waals surface area contributed by atoms with Crippen molar-refractivity contribution in [1.29, 1.82) is 0 Å². The lowest BCUT2D eigenvalue weighted by atomic mass is 9.91. The summed E-state index contributed by atoms with van der Waals surface area (Å²) in [5.41, 5.74) is 9.14. The molecule has 1 fully saturated rings. The molecule has 2 aromatic heterocycles. The lowest BCUT2D eigenvalue weighted by Crippen LogP contribution is -2.36. The van der Waals surface area contributed by atoms with Gasteiger partial charge in [-0.15, -0.1) is 0 Å². The van der Waals surface area contributed by atoms with Crippen molar-refractivity contribution in [3.8, 4) is 28.0 Å². The quantitative estimate of drug-likeness (QED) is 0.161. The number of carbonyl (C=O) groups excluding carboxylic acids is 1. The van der Waals surface area contributed by atoms with Crippen LogP contribution in [0.25, 0.3) is 33.2 Å². The van der Waals surface area contributed by atoms with Crippen molar-refractivity contribution in [3.05, 3.63) is 89.6 Å². The van der Waals surface area contributed by atoms with Crippen LogP contribution in [0.1, 0.15) is 21.5 Å². The molecule has 0 radical (unpaired) electrons. The Balaban J connectivity index is 1.45. The van der Waals surface area contributed by atoms with E-state index in [2.05, 4.69) is 20.3 Å². The van der Waals surface area contributed by atoms with Crippen LogP contribution in [0, 0.1) is 12.9 Å². The SMILES string of the molecule is COc1c(-c2cc(C(=O)Nc3cc(C(F)(F)F)ccc3N3CCOCC3)ccc2C)cc2cnc(N)nc2c1-c1ccc(F)nc1. The number of pyridine rings is 1. The largest absolute Gasteiger partial charge is 0.495 e. The first-order valence-electron chi connectivity index (χ1n) is 14.2. The van der Waals surface area contributed by atoms with Gasteiger partial charge in [-0.3, -0.25) is 4.79 Å². The van der Waals surface area contributed by atoms with Crippen LogP contribution < -0.4 is 20.7 Å². The summed E-state index contributed by atoms with van der Waals surface area (Å²) in [6.45, 7) is 3.61. The number of methoxy groups -OCH3 is 1. The second-order valence-corrected chi connectivity index (χ2v) is 10.7. The number of halogens is 4. The van der Waals surface area contributed by atoms with Crippen LogP contribution in [0.5, 0.6) is 5.75 Å². The van der Waals surface area contributed by atoms with E-state index < -0.39 is 23.6 Å². The molecule has 3 N–H and O–H groups in total. The highest BCUT2D eigenvalue weighted by atomic mass is 19.4. The summed E-state index contributed by atoms with van der Waals surface area (Å²) in [7, 11) is 1.47. The standard InChI is InChI=1S/C33H28F4N6O3/c1-18-3-4-19(31(44)41-25-15-22(33(35,36)37)6-7-26(25)43-9-11-46-12-10-43)13-23(18)24-14-21-17-40-32(38)42-29(21)28(30(24)45-2)20-5-8-27(34)39-16-20/h3-8,13-17H,9-12H2,1-2H3,(H,41,44)(H2,38,40,42). The predicted molar refractivity (Wildman–Crippen MR) is 166 cm³/mol. The first kappa shape index (κ1) is 30.7. The summed E-state index contributed by atoms with van der Waals surface area (Å²) in [6.07, 6.45) is -1.70. The molecule has 3 heterocycles. The molecule has 236 valence electrons. The number of aryl methyl sites for hydroxylation is 1. The Bertz CT molecular complexity index is 1940. The van der Waals surface area contributed by atoms with Crippen LogP contribution in [-0.4, -0.2) is 54.3 Å². The van der Waals surface area contributed by atoms with Crippen LogP contribution in [-0.2, 0) is 10.9 Å². The lowest BCUT2D eigenvalue weighted by Gasteiger charge is -2.31. The Morgan fingerprint density at radius 1 is 1.00 bits per heavy atom. The predicted octanol–water partition coefficient (Wildman–Crippen LogP) is 6.50. The van der Waals surface area contributed by atoms with E-state index in [1.807, 2.05) is 11.8 Å². The highest BCUT2D eigenvalue weighted by Crippen LogP contribution is 2.45. The normalized spacial score (nSPS) is 13.6. The minimum Gasteiger partial charge on any atom is -0.495 e. The van der Waals surface area contributed by atoms with Crippen molar-refractivity contribution in [2.24, 2.45) is 0 Å². The summed E-state index contributed by atoms with van der Waals surface area (Å²) in [6, 6.07) is 12.8. The molecule has 5 aromatic rings. The molecular formula is C33H28F4N6O3. The number of ether oxygens (including phenoxy) is 2. The number of amides is 1. The molecule has 6 rings (SSSR count). The summed E-state index contributed by atoms with van der Waals surface area (Å²) in [4.78, 5) is 27.9. The molecule has 0 saturated carbocycles. The van der Waals surface area contributed by atoms with E-state index in [0.29, 0.717) is 70.9 Å². The molecule has 0 spiro atoms. The van der Waals surface area contributed by atoms with Gasteiger partial charge in [0.15, 0.2) is 0 Å². The topological polar surface area (TPSA) is 115 Å². The van der Waals surface area contributed by atoms with Crippen LogP contribution in [0.2, 0.25) is 0 Å². The van der Waals surface area contributed by atoms with Gasteiger partial charge in [0.1, 0.15) is 5.75 Å². The molecule has 9 nitrogen and oxygen atoms in total. The lowest BCUT2D eigenvalue weighted by molar-refractivity contribution is -0.137. The third-order valence-electron chi connectivity index (χ3n) is 7.78. The number of rotatable bonds is 6. The molecule has 1 aliphatic rings. The Morgan fingerprint density at radius 2 is 1.78 bits per heavy atom. The third kappa shape index (κ3) is 6.01. The van der Waals surface area contributed by atoms with E-state index in [9.17, 15) is 22.4 Å². The maximum absolute atomic E-state index is 13.8. The Morgan fingerprint density at radius 3 is 2.48 bits per heavy atom. The zero-order valence-electron chi connectivity index (χ0n) is 24.8. The average molecular weight is 633 g/mol. The summed E-state index contributed by atoms with van der Waals surface area (Å²) >= 11 is 0. The van der Waals surface area contributed by atoms with Gasteiger partial charge in [0.05, 0.1) is 48.3 Å². The number of aromatic nitrogens is 3. The Labute approximate surface area is 261 Å². The number of nitrogens with zero attached hydrogens (tertiary/aromatic N) is 4. The number of morpholine rings is 1. The van der Waals surface area contributed by atoms with Gasteiger partial charge in [-0.25, -0.2) is 15.0 Å². The number of nitrogen functional groups attached to an aromatic ring is 1. The molecule has 0 aliphatic carbocycles. The number of nitrogens with one attached hydrogen (secondary N) is 1. The second kappa shape index (κ2) is 12.2. The van der Waals surface area contributed by atoms with Crippen molar-refractivity contribution in [1.82, 2.24) is 15.0 Å². The molecule has 1 saturated heterocycles. The van der Waals surface area contributed by atoms with E-state index in [1.165, 1.54) is 25.4 Å². The second-order valence-electron chi connectivity index (χ2n) is 10.7. The molecule has 1 amide bonds. The van der Waals surface area contributed by atoms with Crippen LogP contribution in [0.15, 0.2) is 67.0 Å². The van der Waals surface area contributed by atoms with E-state index in [0.717, 1.165) is 17.7 Å². The summed E-state index contributed by atoms with van der Waals surface area (Å²) < 4.78 is 66.1. The summed E-state index contributed by atoms with van der Waals surface area (Å²) in [5.74, 6) is -0.870. The van der Waals surface area contributed by atoms with Gasteiger partial charge < -0.3 is 25.4 Å². The van der Waals surface area contributed by atoms with Gasteiger partial charge >= 0.3 is 6.18 Å². The van der Waals surface area contributed by atoms with Gasteiger partial charge in [-0.1, -0.05) is 6.07 Å². The number of hydrogen-bond acceptors (Lipinski definition) is 8. The number of hydrogen-bond donors (Lipinski definition) is 2. The van der Waals surface area contributed by atoms with Gasteiger partial charge in [0.25, 0.3) is 5.91 Å². The monoisotopic (exact) mass is 632 g/mol. The molecule has 13 heteroatoms. The van der Waals surface area contributed by atoms with E-state index in [4.69, 9.17) is 15.2 Å². The number of carbonyl (C=O) groups is 1. The van der Waals surface area contributed by atoms with Crippen LogP contribution >= 0.6 is 0 Å². The van der Waals surface area contributed by atoms with Crippen LogP contribution in [0.4, 0.5) is 34.9 Å². The van der Waals surface area contributed by atoms with Gasteiger partial charge in [0, 0.05) is 47.6 Å². The number of alkyl halides is 3. The fourth-order valence-electron chi connectivity index (χ4n) is 5.52. The first-order chi connectivity index (χ1) is 22.0. The smallest absolute Gasteiger partial charge is 0.416 e. The molecule has 3 aromatic carbocycles. The highest BCUT2D eigenvalue weighted by Gasteiger charge is 2.32. The fraction of sp³-hybridized carbons (Fsp3) is 0.212. The van der Waals surface area contributed by atoms with Crippen molar-refractivity contribution < 1.29 is 31.8 Å². The molecule has 0 bridgehead atoms. The molecule has 0 atom stereocenters. The molecule has 1 aliphatic heterocycles. The average Bonchev–Trinajstić information content (AvgIpc) is 3.04. The Hall–Kier alpha value is -5.30. The fourth-order valence-corrected chi connectivity index (χ4v) is 5.52. The summed E-state index contributed by atoms with van der Waals surface area (Å²) in [5, 5.41) is 3.31. The first-order valence-corrected chi connectivity index (χ1v) is 14.2. The zero-order valence-corrected chi connectivity index (χ0v) is 24.8. The highest BCUT2D eigenvalue weighted by molar-refractivity contribution is 6.08. The van der Waals surface area contributed by atoms with Crippen molar-refractivity contribution in [3.63, 3.8) is 0 Å². The van der Waals surface area contributed by atoms with Crippen LogP contribution in [0.3, 0.4) is 0 Å². The van der Waals surface area contributed by atoms with Crippen molar-refractivity contribution in [2.75, 3.05) is 49.4 Å². The van der Waals surface area contributed by atoms with E-state index in [1.54, 1.807) is 36.5 Å². The maximum atomic E-state index is 13.8. The number of nitrogens with two attached hydrogens (primary N) is 1. The number of anilines is 3.